The van der Waals surface area contributed by atoms with Gasteiger partial charge in [-0.1, -0.05) is 11.3 Å². The van der Waals surface area contributed by atoms with Crippen molar-refractivity contribution in [2.45, 2.75) is 6.92 Å². The highest BCUT2D eigenvalue weighted by Crippen LogP contribution is 2.20. The number of hydrogen-bond donors (Lipinski definition) is 0. The molecule has 1 aromatic heterocycles. The summed E-state index contributed by atoms with van der Waals surface area (Å²) in [5.41, 5.74) is 0. The summed E-state index contributed by atoms with van der Waals surface area (Å²) in [6, 6.07) is 0. The van der Waals surface area contributed by atoms with Gasteiger partial charge in [0.15, 0.2) is 5.78 Å². The van der Waals surface area contributed by atoms with Gasteiger partial charge in [-0.2, -0.15) is 0 Å². The Morgan fingerprint density at radius 1 is 1.75 bits per heavy atom. The number of hydrogen-bond acceptors (Lipinski definition) is 4. The number of nitrogens with zero attached hydrogens (tertiary/aromatic N) is 1. The first-order valence-corrected chi connectivity index (χ1v) is 4.22. The highest BCUT2D eigenvalue weighted by molar-refractivity contribution is 7.14. The Morgan fingerprint density at radius 2 is 2.50 bits per heavy atom. The van der Waals surface area contributed by atoms with E-state index < -0.39 is 0 Å². The Kier molecular flexibility index (Phi) is 2.99. The van der Waals surface area contributed by atoms with Gasteiger partial charge in [0.1, 0.15) is 0 Å². The smallest absolute Gasteiger partial charge is 0.273 e. The molecule has 4 heteroatoms. The van der Waals surface area contributed by atoms with Gasteiger partial charge in [-0.3, -0.25) is 4.79 Å². The van der Waals surface area contributed by atoms with Crippen molar-refractivity contribution < 1.29 is 9.53 Å². The molecule has 12 heavy (non-hydrogen) atoms. The van der Waals surface area contributed by atoms with Crippen LogP contribution in [0.3, 0.4) is 0 Å². The normalized spacial score (nSPS) is 10.5. The molecule has 0 amide bonds. The molecule has 0 saturated carbocycles. The Balaban J connectivity index is 2.70. The van der Waals surface area contributed by atoms with Gasteiger partial charge in [0.2, 0.25) is 0 Å². The quantitative estimate of drug-likeness (QED) is 0.670. The van der Waals surface area contributed by atoms with Gasteiger partial charge in [-0.15, -0.1) is 0 Å². The number of ketones is 1. The van der Waals surface area contributed by atoms with Crippen molar-refractivity contribution in [1.29, 1.82) is 0 Å². The van der Waals surface area contributed by atoms with Crippen LogP contribution < -0.4 is 4.74 Å². The van der Waals surface area contributed by atoms with E-state index in [1.54, 1.807) is 19.4 Å². The maximum absolute atomic E-state index is 10.6. The van der Waals surface area contributed by atoms with Crippen molar-refractivity contribution in [1.82, 2.24) is 4.98 Å². The van der Waals surface area contributed by atoms with Crippen LogP contribution in [0.5, 0.6) is 5.19 Å². The second-order valence-corrected chi connectivity index (χ2v) is 3.20. The fourth-order valence-electron chi connectivity index (χ4n) is 0.641. The summed E-state index contributed by atoms with van der Waals surface area (Å²) < 4.78 is 4.89. The van der Waals surface area contributed by atoms with Gasteiger partial charge in [0.05, 0.1) is 12.0 Å². The molecular weight excluding hydrogens is 174 g/mol. The molecular formula is C8H9NO2S. The number of carbonyl (C=O) groups is 1. The minimum Gasteiger partial charge on any atom is -0.473 e. The first-order valence-electron chi connectivity index (χ1n) is 3.41. The average molecular weight is 183 g/mol. The van der Waals surface area contributed by atoms with Crippen LogP contribution in [0.25, 0.3) is 6.08 Å². The second-order valence-electron chi connectivity index (χ2n) is 2.18. The molecule has 0 aliphatic carbocycles. The predicted molar refractivity (Wildman–Crippen MR) is 48.4 cm³/mol. The molecule has 0 bridgehead atoms. The van der Waals surface area contributed by atoms with Gasteiger partial charge < -0.3 is 4.74 Å². The van der Waals surface area contributed by atoms with Gasteiger partial charge >= 0.3 is 0 Å². The molecule has 0 saturated heterocycles. The van der Waals surface area contributed by atoms with E-state index in [2.05, 4.69) is 4.98 Å². The summed E-state index contributed by atoms with van der Waals surface area (Å²) in [6.07, 6.45) is 4.90. The molecule has 1 rings (SSSR count). The first kappa shape index (κ1) is 8.93. The predicted octanol–water partition coefficient (Wildman–Crippen LogP) is 1.75. The van der Waals surface area contributed by atoms with E-state index in [1.165, 1.54) is 24.3 Å². The van der Waals surface area contributed by atoms with Crippen LogP contribution >= 0.6 is 11.3 Å². The van der Waals surface area contributed by atoms with E-state index in [0.29, 0.717) is 5.19 Å². The van der Waals surface area contributed by atoms with Crippen LogP contribution in [0.1, 0.15) is 11.8 Å². The molecule has 0 aromatic carbocycles. The Hall–Kier alpha value is -1.16. The summed E-state index contributed by atoms with van der Waals surface area (Å²) >= 11 is 1.40. The number of aromatic nitrogens is 1. The molecule has 3 nitrogen and oxygen atoms in total. The summed E-state index contributed by atoms with van der Waals surface area (Å²) in [4.78, 5) is 15.4. The van der Waals surface area contributed by atoms with E-state index in [9.17, 15) is 4.79 Å². The molecule has 0 aliphatic heterocycles. The van der Waals surface area contributed by atoms with E-state index >= 15 is 0 Å². The topological polar surface area (TPSA) is 39.2 Å². The minimum atomic E-state index is 0.0300. The molecule has 0 N–H and O–H groups in total. The maximum Gasteiger partial charge on any atom is 0.273 e. The molecule has 0 atom stereocenters. The number of carbonyl (C=O) groups excluding carboxylic acids is 1. The fourth-order valence-corrected chi connectivity index (χ4v) is 1.27. The first-order chi connectivity index (χ1) is 5.72. The number of allylic oxidation sites excluding steroid dienone is 1. The van der Waals surface area contributed by atoms with Gasteiger partial charge in [0.25, 0.3) is 5.19 Å². The van der Waals surface area contributed by atoms with Crippen LogP contribution in [-0.4, -0.2) is 17.9 Å². The van der Waals surface area contributed by atoms with Gasteiger partial charge in [-0.05, 0) is 19.1 Å². The SMILES string of the molecule is COc1ncc(/C=C/C(C)=O)s1. The number of rotatable bonds is 3. The molecule has 0 radical (unpaired) electrons. The highest BCUT2D eigenvalue weighted by Gasteiger charge is 1.96. The molecule has 0 fully saturated rings. The summed E-state index contributed by atoms with van der Waals surface area (Å²) in [5.74, 6) is 0.0300. The zero-order chi connectivity index (χ0) is 8.97. The van der Waals surface area contributed by atoms with Crippen molar-refractivity contribution >= 4 is 23.2 Å². The second kappa shape index (κ2) is 4.01. The zero-order valence-electron chi connectivity index (χ0n) is 6.90. The third-order valence-corrected chi connectivity index (χ3v) is 2.08. The van der Waals surface area contributed by atoms with Crippen LogP contribution in [-0.2, 0) is 4.79 Å². The Bertz CT molecular complexity index is 304. The van der Waals surface area contributed by atoms with E-state index in [1.807, 2.05) is 0 Å². The maximum atomic E-state index is 10.6. The number of thiazole rings is 1. The van der Waals surface area contributed by atoms with Crippen molar-refractivity contribution in [3.8, 4) is 5.19 Å². The number of methoxy groups -OCH3 is 1. The summed E-state index contributed by atoms with van der Waals surface area (Å²) in [7, 11) is 1.57. The lowest BCUT2D eigenvalue weighted by Crippen LogP contribution is -1.77. The van der Waals surface area contributed by atoms with Crippen LogP contribution in [0.15, 0.2) is 12.3 Å². The molecule has 0 unspecified atom stereocenters. The largest absolute Gasteiger partial charge is 0.473 e. The standard InChI is InChI=1S/C8H9NO2S/c1-6(10)3-4-7-5-9-8(11-2)12-7/h3-5H,1-2H3/b4-3+. The van der Waals surface area contributed by atoms with E-state index in [4.69, 9.17) is 4.74 Å². The fraction of sp³-hybridized carbons (Fsp3) is 0.250. The molecule has 0 aliphatic rings. The van der Waals surface area contributed by atoms with Gasteiger partial charge in [0, 0.05) is 6.20 Å². The summed E-state index contributed by atoms with van der Waals surface area (Å²) in [6.45, 7) is 1.51. The van der Waals surface area contributed by atoms with Crippen LogP contribution in [0.2, 0.25) is 0 Å². The Morgan fingerprint density at radius 3 is 3.00 bits per heavy atom. The average Bonchev–Trinajstić information content (AvgIpc) is 2.48. The minimum absolute atomic E-state index is 0.0300. The van der Waals surface area contributed by atoms with Crippen molar-refractivity contribution in [3.05, 3.63) is 17.2 Å². The molecule has 64 valence electrons. The third-order valence-electron chi connectivity index (χ3n) is 1.16. The lowest BCUT2D eigenvalue weighted by molar-refractivity contribution is -0.112. The van der Waals surface area contributed by atoms with Gasteiger partial charge in [-0.25, -0.2) is 4.98 Å². The highest BCUT2D eigenvalue weighted by atomic mass is 32.1. The Labute approximate surface area is 74.7 Å². The van der Waals surface area contributed by atoms with Crippen LogP contribution in [0.4, 0.5) is 0 Å². The van der Waals surface area contributed by atoms with E-state index in [0.717, 1.165) is 4.88 Å². The van der Waals surface area contributed by atoms with Crippen molar-refractivity contribution in [2.24, 2.45) is 0 Å². The molecule has 1 heterocycles. The van der Waals surface area contributed by atoms with Crippen molar-refractivity contribution in [2.75, 3.05) is 7.11 Å². The lowest BCUT2D eigenvalue weighted by Gasteiger charge is -1.85. The molecule has 1 aromatic rings. The number of ether oxygens (including phenoxy) is 1. The monoisotopic (exact) mass is 183 g/mol. The van der Waals surface area contributed by atoms with Crippen molar-refractivity contribution in [3.63, 3.8) is 0 Å². The third kappa shape index (κ3) is 2.47. The lowest BCUT2D eigenvalue weighted by atomic mass is 10.4. The zero-order valence-corrected chi connectivity index (χ0v) is 7.72. The van der Waals surface area contributed by atoms with E-state index in [-0.39, 0.29) is 5.78 Å². The summed E-state index contributed by atoms with van der Waals surface area (Å²) in [5, 5.41) is 0.609. The van der Waals surface area contributed by atoms with Crippen LogP contribution in [0, 0.1) is 0 Å². The molecule has 0 spiro atoms.